The van der Waals surface area contributed by atoms with Gasteiger partial charge in [-0.2, -0.15) is 0 Å². The average Bonchev–Trinajstić information content (AvgIpc) is 2.97. The summed E-state index contributed by atoms with van der Waals surface area (Å²) in [7, 11) is 0. The first kappa shape index (κ1) is 29.2. The SMILES string of the molecule is O=C(c1ccccc1)C(F)CC(N1CCC(O)(c2ccc(Cl)cc2)CC1)N1CCC(O)(c2ccc(Cl)cc2)CC1. The monoisotopic (exact) mass is 584 g/mol. The summed E-state index contributed by atoms with van der Waals surface area (Å²) in [5, 5.41) is 24.1. The number of Topliss-reactive ketones (excluding diaryl/α,β-unsaturated/α-hetero) is 1. The summed E-state index contributed by atoms with van der Waals surface area (Å²) in [4.78, 5) is 17.3. The van der Waals surface area contributed by atoms with E-state index in [0.29, 0.717) is 67.5 Å². The lowest BCUT2D eigenvalue weighted by molar-refractivity contribution is -0.0923. The van der Waals surface area contributed by atoms with Crippen LogP contribution in [0.1, 0.15) is 53.6 Å². The minimum absolute atomic E-state index is 0.0203. The second-order valence-electron chi connectivity index (χ2n) is 11.1. The van der Waals surface area contributed by atoms with Crippen molar-refractivity contribution in [3.63, 3.8) is 0 Å². The van der Waals surface area contributed by atoms with E-state index in [9.17, 15) is 15.0 Å². The molecule has 40 heavy (non-hydrogen) atoms. The van der Waals surface area contributed by atoms with Crippen molar-refractivity contribution in [2.24, 2.45) is 0 Å². The average molecular weight is 586 g/mol. The number of rotatable bonds is 8. The highest BCUT2D eigenvalue weighted by molar-refractivity contribution is 6.30. The van der Waals surface area contributed by atoms with Gasteiger partial charge >= 0.3 is 0 Å². The molecule has 1 unspecified atom stereocenters. The van der Waals surface area contributed by atoms with Crippen molar-refractivity contribution in [3.05, 3.63) is 106 Å². The molecule has 1 atom stereocenters. The van der Waals surface area contributed by atoms with Gasteiger partial charge in [0, 0.05) is 48.2 Å². The molecule has 0 bridgehead atoms. The second kappa shape index (κ2) is 12.3. The summed E-state index contributed by atoms with van der Waals surface area (Å²) in [6, 6.07) is 23.1. The fourth-order valence-corrected chi connectivity index (χ4v) is 6.34. The van der Waals surface area contributed by atoms with Gasteiger partial charge < -0.3 is 10.2 Å². The van der Waals surface area contributed by atoms with Gasteiger partial charge in [0.15, 0.2) is 12.0 Å². The van der Waals surface area contributed by atoms with Gasteiger partial charge in [-0.25, -0.2) is 4.39 Å². The summed E-state index contributed by atoms with van der Waals surface area (Å²) in [6.45, 7) is 2.20. The maximum Gasteiger partial charge on any atom is 0.197 e. The normalized spacial score (nSPS) is 20.4. The zero-order valence-corrected chi connectivity index (χ0v) is 23.9. The Kier molecular flexibility index (Phi) is 8.95. The van der Waals surface area contributed by atoms with Crippen LogP contribution in [0.15, 0.2) is 78.9 Å². The molecule has 2 heterocycles. The molecule has 3 aromatic carbocycles. The first-order valence-corrected chi connectivity index (χ1v) is 14.6. The lowest BCUT2D eigenvalue weighted by Crippen LogP contribution is -2.57. The van der Waals surface area contributed by atoms with E-state index in [1.807, 2.05) is 24.3 Å². The molecule has 212 valence electrons. The van der Waals surface area contributed by atoms with Crippen molar-refractivity contribution in [2.45, 2.75) is 55.6 Å². The number of hydrogen-bond donors (Lipinski definition) is 2. The predicted molar refractivity (Wildman–Crippen MR) is 156 cm³/mol. The molecule has 2 saturated heterocycles. The Balaban J connectivity index is 1.32. The van der Waals surface area contributed by atoms with Gasteiger partial charge in [0.1, 0.15) is 0 Å². The van der Waals surface area contributed by atoms with Gasteiger partial charge in [0.25, 0.3) is 0 Å². The number of piperidine rings is 2. The highest BCUT2D eigenvalue weighted by atomic mass is 35.5. The van der Waals surface area contributed by atoms with Gasteiger partial charge in [0.05, 0.1) is 17.4 Å². The lowest BCUT2D eigenvalue weighted by Gasteiger charge is -2.48. The van der Waals surface area contributed by atoms with E-state index in [4.69, 9.17) is 23.2 Å². The lowest BCUT2D eigenvalue weighted by atomic mass is 9.83. The predicted octanol–water partition coefficient (Wildman–Crippen LogP) is 6.20. The summed E-state index contributed by atoms with van der Waals surface area (Å²) >= 11 is 12.1. The van der Waals surface area contributed by atoms with Crippen LogP contribution in [0.2, 0.25) is 10.0 Å². The Hall–Kier alpha value is -2.32. The zero-order chi connectivity index (χ0) is 28.3. The van der Waals surface area contributed by atoms with Crippen LogP contribution >= 0.6 is 23.2 Å². The molecule has 5 rings (SSSR count). The molecule has 8 heteroatoms. The molecule has 0 spiro atoms. The van der Waals surface area contributed by atoms with Crippen LogP contribution in [0.5, 0.6) is 0 Å². The van der Waals surface area contributed by atoms with Crippen molar-refractivity contribution < 1.29 is 19.4 Å². The van der Waals surface area contributed by atoms with Gasteiger partial charge in [0.2, 0.25) is 0 Å². The third-order valence-corrected chi connectivity index (χ3v) is 9.12. The number of nitrogens with zero attached hydrogens (tertiary/aromatic N) is 2. The van der Waals surface area contributed by atoms with E-state index in [2.05, 4.69) is 9.80 Å². The number of ketones is 1. The molecule has 2 N–H and O–H groups in total. The zero-order valence-electron chi connectivity index (χ0n) is 22.4. The molecule has 0 radical (unpaired) electrons. The van der Waals surface area contributed by atoms with Crippen LogP contribution in [-0.2, 0) is 11.2 Å². The van der Waals surface area contributed by atoms with Gasteiger partial charge in [-0.05, 0) is 61.1 Å². The van der Waals surface area contributed by atoms with Crippen LogP contribution in [-0.4, -0.2) is 64.3 Å². The fraction of sp³-hybridized carbons (Fsp3) is 0.406. The molecule has 3 aromatic rings. The minimum Gasteiger partial charge on any atom is -0.385 e. The number of likely N-dealkylation sites (tertiary alicyclic amines) is 2. The molecule has 0 aliphatic carbocycles. The number of halogens is 3. The van der Waals surface area contributed by atoms with Crippen LogP contribution in [0.4, 0.5) is 4.39 Å². The van der Waals surface area contributed by atoms with E-state index < -0.39 is 23.2 Å². The Labute approximate surface area is 245 Å². The first-order chi connectivity index (χ1) is 19.2. The van der Waals surface area contributed by atoms with E-state index in [0.717, 1.165) is 11.1 Å². The molecular weight excluding hydrogens is 550 g/mol. The second-order valence-corrected chi connectivity index (χ2v) is 11.9. The van der Waals surface area contributed by atoms with E-state index >= 15 is 4.39 Å². The maximum atomic E-state index is 15.6. The Morgan fingerprint density at radius 2 is 1.12 bits per heavy atom. The van der Waals surface area contributed by atoms with Gasteiger partial charge in [-0.15, -0.1) is 0 Å². The van der Waals surface area contributed by atoms with Crippen LogP contribution in [0.3, 0.4) is 0 Å². The molecule has 0 aromatic heterocycles. The standard InChI is InChI=1S/C32H35Cl2FN2O3/c33-26-10-6-24(7-11-26)31(39)14-18-36(19-15-31)29(22-28(35)30(38)23-4-2-1-3-5-23)37-20-16-32(40,17-21-37)25-8-12-27(34)13-9-25/h1-13,28-29,39-40H,14-22H2. The number of aliphatic hydroxyl groups is 2. The van der Waals surface area contributed by atoms with E-state index in [-0.39, 0.29) is 12.6 Å². The van der Waals surface area contributed by atoms with Crippen LogP contribution in [0.25, 0.3) is 0 Å². The minimum atomic E-state index is -1.67. The molecule has 0 saturated carbocycles. The number of carbonyl (C=O) groups is 1. The summed E-state index contributed by atoms with van der Waals surface area (Å²) in [6.07, 6.45) is -0.0519. The molecule has 2 aliphatic heterocycles. The van der Waals surface area contributed by atoms with Crippen molar-refractivity contribution in [2.75, 3.05) is 26.2 Å². The highest BCUT2D eigenvalue weighted by Crippen LogP contribution is 2.38. The van der Waals surface area contributed by atoms with Gasteiger partial charge in [-0.3, -0.25) is 14.6 Å². The van der Waals surface area contributed by atoms with Crippen molar-refractivity contribution >= 4 is 29.0 Å². The summed E-state index contributed by atoms with van der Waals surface area (Å²) in [5.74, 6) is -0.519. The highest BCUT2D eigenvalue weighted by Gasteiger charge is 2.42. The molecule has 2 fully saturated rings. The number of alkyl halides is 1. The number of benzene rings is 3. The molecule has 0 amide bonds. The number of hydrogen-bond acceptors (Lipinski definition) is 5. The maximum absolute atomic E-state index is 15.6. The molecular formula is C32H35Cl2FN2O3. The quantitative estimate of drug-likeness (QED) is 0.309. The van der Waals surface area contributed by atoms with Crippen molar-refractivity contribution in [1.82, 2.24) is 9.80 Å². The van der Waals surface area contributed by atoms with E-state index in [1.54, 1.807) is 54.6 Å². The Morgan fingerprint density at radius 1 is 0.725 bits per heavy atom. The van der Waals surface area contributed by atoms with Crippen molar-refractivity contribution in [1.29, 1.82) is 0 Å². The first-order valence-electron chi connectivity index (χ1n) is 13.9. The fourth-order valence-electron chi connectivity index (χ4n) is 6.09. The summed E-state index contributed by atoms with van der Waals surface area (Å²) < 4.78 is 15.6. The van der Waals surface area contributed by atoms with Crippen LogP contribution in [0, 0.1) is 0 Å². The topological polar surface area (TPSA) is 64.0 Å². The third kappa shape index (κ3) is 6.43. The largest absolute Gasteiger partial charge is 0.385 e. The van der Waals surface area contributed by atoms with Crippen molar-refractivity contribution in [3.8, 4) is 0 Å². The Bertz CT molecular complexity index is 1200. The molecule has 2 aliphatic rings. The molecule has 5 nitrogen and oxygen atoms in total. The van der Waals surface area contributed by atoms with Crippen LogP contribution < -0.4 is 0 Å². The van der Waals surface area contributed by atoms with E-state index in [1.165, 1.54) is 0 Å². The third-order valence-electron chi connectivity index (χ3n) is 8.62. The number of carbonyl (C=O) groups excluding carboxylic acids is 1. The Morgan fingerprint density at radius 3 is 1.52 bits per heavy atom. The summed E-state index contributed by atoms with van der Waals surface area (Å²) in [5.41, 5.74) is 0.0260. The smallest absolute Gasteiger partial charge is 0.197 e. The van der Waals surface area contributed by atoms with Gasteiger partial charge in [-0.1, -0.05) is 77.8 Å².